The van der Waals surface area contributed by atoms with Gasteiger partial charge in [-0.25, -0.2) is 0 Å². The number of benzene rings is 1. The van der Waals surface area contributed by atoms with Gasteiger partial charge in [-0.2, -0.15) is 0 Å². The lowest BCUT2D eigenvalue weighted by molar-refractivity contribution is -0.126. The van der Waals surface area contributed by atoms with Gasteiger partial charge in [0.05, 0.1) is 0 Å². The van der Waals surface area contributed by atoms with Crippen molar-refractivity contribution in [2.45, 2.75) is 32.7 Å². The molecule has 1 heterocycles. The van der Waals surface area contributed by atoms with Crippen molar-refractivity contribution >= 4 is 17.5 Å². The molecule has 0 aromatic heterocycles. The first-order valence-corrected chi connectivity index (χ1v) is 8.25. The molecule has 0 radical (unpaired) electrons. The SMILES string of the molecule is CC(C)NC(=O)C1CCN(C(=O)c2ccc(N(C)C)cc2)CC1. The number of nitrogens with zero attached hydrogens (tertiary/aromatic N) is 2. The molecule has 0 saturated carbocycles. The van der Waals surface area contributed by atoms with Crippen LogP contribution in [0.2, 0.25) is 0 Å². The van der Waals surface area contributed by atoms with Crippen LogP contribution in [-0.4, -0.2) is 49.9 Å². The van der Waals surface area contributed by atoms with E-state index in [0.717, 1.165) is 18.5 Å². The summed E-state index contributed by atoms with van der Waals surface area (Å²) in [5, 5.41) is 2.96. The molecule has 1 aliphatic rings. The zero-order valence-electron chi connectivity index (χ0n) is 14.5. The lowest BCUT2D eigenvalue weighted by Gasteiger charge is -2.31. The van der Waals surface area contributed by atoms with Crippen LogP contribution in [0.25, 0.3) is 0 Å². The van der Waals surface area contributed by atoms with Crippen molar-refractivity contribution in [3.63, 3.8) is 0 Å². The van der Waals surface area contributed by atoms with E-state index in [9.17, 15) is 9.59 Å². The summed E-state index contributed by atoms with van der Waals surface area (Å²) in [7, 11) is 3.95. The number of piperidine rings is 1. The minimum absolute atomic E-state index is 0.0255. The molecule has 2 amide bonds. The standard InChI is InChI=1S/C18H27N3O2/c1-13(2)19-17(22)14-9-11-21(12-10-14)18(23)15-5-7-16(8-6-15)20(3)4/h5-8,13-14H,9-12H2,1-4H3,(H,19,22). The van der Waals surface area contributed by atoms with E-state index in [-0.39, 0.29) is 23.8 Å². The highest BCUT2D eigenvalue weighted by atomic mass is 16.2. The fourth-order valence-corrected chi connectivity index (χ4v) is 2.83. The predicted octanol–water partition coefficient (Wildman–Crippen LogP) is 2.13. The second-order valence-corrected chi connectivity index (χ2v) is 6.67. The Morgan fingerprint density at radius 1 is 1.13 bits per heavy atom. The maximum absolute atomic E-state index is 12.5. The molecule has 0 spiro atoms. The summed E-state index contributed by atoms with van der Waals surface area (Å²) in [4.78, 5) is 28.4. The minimum Gasteiger partial charge on any atom is -0.378 e. The first-order chi connectivity index (χ1) is 10.9. The Morgan fingerprint density at radius 2 is 1.70 bits per heavy atom. The van der Waals surface area contributed by atoms with Gasteiger partial charge in [-0.05, 0) is 51.0 Å². The number of nitrogens with one attached hydrogen (secondary N) is 1. The molecule has 1 aliphatic heterocycles. The number of carbonyl (C=O) groups is 2. The maximum Gasteiger partial charge on any atom is 0.253 e. The van der Waals surface area contributed by atoms with Crippen molar-refractivity contribution in [3.05, 3.63) is 29.8 Å². The molecule has 1 aromatic carbocycles. The van der Waals surface area contributed by atoms with Crippen LogP contribution in [-0.2, 0) is 4.79 Å². The van der Waals surface area contributed by atoms with E-state index in [1.165, 1.54) is 0 Å². The number of hydrogen-bond acceptors (Lipinski definition) is 3. The van der Waals surface area contributed by atoms with Crippen LogP contribution in [0.4, 0.5) is 5.69 Å². The third-order valence-electron chi connectivity index (χ3n) is 4.21. The van der Waals surface area contributed by atoms with Gasteiger partial charge in [0.25, 0.3) is 5.91 Å². The van der Waals surface area contributed by atoms with Crippen molar-refractivity contribution in [2.75, 3.05) is 32.1 Å². The van der Waals surface area contributed by atoms with Crippen LogP contribution in [0.1, 0.15) is 37.0 Å². The smallest absolute Gasteiger partial charge is 0.253 e. The van der Waals surface area contributed by atoms with Gasteiger partial charge < -0.3 is 15.1 Å². The third kappa shape index (κ3) is 4.47. The number of anilines is 1. The van der Waals surface area contributed by atoms with Crippen LogP contribution in [0.3, 0.4) is 0 Å². The quantitative estimate of drug-likeness (QED) is 0.925. The molecule has 1 N–H and O–H groups in total. The molecule has 5 nitrogen and oxygen atoms in total. The Bertz CT molecular complexity index is 544. The predicted molar refractivity (Wildman–Crippen MR) is 92.7 cm³/mol. The van der Waals surface area contributed by atoms with E-state index in [0.29, 0.717) is 18.7 Å². The molecule has 23 heavy (non-hydrogen) atoms. The molecule has 126 valence electrons. The molecule has 0 atom stereocenters. The highest BCUT2D eigenvalue weighted by Gasteiger charge is 2.27. The Morgan fingerprint density at radius 3 is 2.17 bits per heavy atom. The lowest BCUT2D eigenvalue weighted by atomic mass is 9.95. The highest BCUT2D eigenvalue weighted by Crippen LogP contribution is 2.20. The number of amides is 2. The summed E-state index contributed by atoms with van der Waals surface area (Å²) >= 11 is 0. The van der Waals surface area contributed by atoms with Gasteiger partial charge in [-0.3, -0.25) is 9.59 Å². The van der Waals surface area contributed by atoms with Crippen LogP contribution in [0.5, 0.6) is 0 Å². The second-order valence-electron chi connectivity index (χ2n) is 6.67. The molecule has 1 aromatic rings. The average molecular weight is 317 g/mol. The van der Waals surface area contributed by atoms with E-state index >= 15 is 0 Å². The number of rotatable bonds is 4. The van der Waals surface area contributed by atoms with Gasteiger partial charge in [-0.15, -0.1) is 0 Å². The second kappa shape index (κ2) is 7.49. The Balaban J connectivity index is 1.91. The molecular formula is C18H27N3O2. The molecule has 0 bridgehead atoms. The topological polar surface area (TPSA) is 52.7 Å². The van der Waals surface area contributed by atoms with Crippen molar-refractivity contribution in [3.8, 4) is 0 Å². The third-order valence-corrected chi connectivity index (χ3v) is 4.21. The largest absolute Gasteiger partial charge is 0.378 e. The molecule has 0 unspecified atom stereocenters. The normalized spacial score (nSPS) is 15.6. The summed E-state index contributed by atoms with van der Waals surface area (Å²) < 4.78 is 0. The fourth-order valence-electron chi connectivity index (χ4n) is 2.83. The Hall–Kier alpha value is -2.04. The minimum atomic E-state index is 0.0255. The number of carbonyl (C=O) groups excluding carboxylic acids is 2. The van der Waals surface area contributed by atoms with Gasteiger partial charge in [0, 0.05) is 50.4 Å². The van der Waals surface area contributed by atoms with E-state index in [1.807, 2.05) is 62.0 Å². The van der Waals surface area contributed by atoms with Crippen LogP contribution in [0, 0.1) is 5.92 Å². The maximum atomic E-state index is 12.5. The van der Waals surface area contributed by atoms with Gasteiger partial charge in [0.2, 0.25) is 5.91 Å². The molecular weight excluding hydrogens is 290 g/mol. The van der Waals surface area contributed by atoms with Crippen LogP contribution < -0.4 is 10.2 Å². The van der Waals surface area contributed by atoms with Crippen molar-refractivity contribution in [1.82, 2.24) is 10.2 Å². The number of hydrogen-bond donors (Lipinski definition) is 1. The first-order valence-electron chi connectivity index (χ1n) is 8.25. The van der Waals surface area contributed by atoms with Crippen molar-refractivity contribution < 1.29 is 9.59 Å². The van der Waals surface area contributed by atoms with Crippen molar-refractivity contribution in [1.29, 1.82) is 0 Å². The molecule has 5 heteroatoms. The summed E-state index contributed by atoms with van der Waals surface area (Å²) in [6.45, 7) is 5.22. The summed E-state index contributed by atoms with van der Waals surface area (Å²) in [6.07, 6.45) is 1.47. The molecule has 2 rings (SSSR count). The fraction of sp³-hybridized carbons (Fsp3) is 0.556. The summed E-state index contributed by atoms with van der Waals surface area (Å²) in [5.74, 6) is 0.193. The molecule has 1 fully saturated rings. The van der Waals surface area contributed by atoms with E-state index in [1.54, 1.807) is 0 Å². The highest BCUT2D eigenvalue weighted by molar-refractivity contribution is 5.94. The van der Waals surface area contributed by atoms with Gasteiger partial charge in [0.1, 0.15) is 0 Å². The van der Waals surface area contributed by atoms with E-state index in [4.69, 9.17) is 0 Å². The summed E-state index contributed by atoms with van der Waals surface area (Å²) in [5.41, 5.74) is 1.78. The monoisotopic (exact) mass is 317 g/mol. The summed E-state index contributed by atoms with van der Waals surface area (Å²) in [6, 6.07) is 7.81. The molecule has 0 aliphatic carbocycles. The Labute approximate surface area is 138 Å². The zero-order chi connectivity index (χ0) is 17.0. The molecule has 1 saturated heterocycles. The van der Waals surface area contributed by atoms with Gasteiger partial charge >= 0.3 is 0 Å². The van der Waals surface area contributed by atoms with Crippen molar-refractivity contribution in [2.24, 2.45) is 5.92 Å². The lowest BCUT2D eigenvalue weighted by Crippen LogP contribution is -2.44. The van der Waals surface area contributed by atoms with Crippen LogP contribution >= 0.6 is 0 Å². The zero-order valence-corrected chi connectivity index (χ0v) is 14.5. The Kier molecular flexibility index (Phi) is 5.64. The van der Waals surface area contributed by atoms with Gasteiger partial charge in [-0.1, -0.05) is 0 Å². The van der Waals surface area contributed by atoms with E-state index < -0.39 is 0 Å². The van der Waals surface area contributed by atoms with Gasteiger partial charge in [0.15, 0.2) is 0 Å². The van der Waals surface area contributed by atoms with Crippen LogP contribution in [0.15, 0.2) is 24.3 Å². The van der Waals surface area contributed by atoms with E-state index in [2.05, 4.69) is 5.32 Å². The first kappa shape index (κ1) is 17.3. The number of likely N-dealkylation sites (tertiary alicyclic amines) is 1. The average Bonchev–Trinajstić information content (AvgIpc) is 2.53.